The fourth-order valence-corrected chi connectivity index (χ4v) is 2.47. The third kappa shape index (κ3) is 2.41. The lowest BCUT2D eigenvalue weighted by Crippen LogP contribution is -2.18. The molecule has 1 N–H and O–H groups in total. The monoisotopic (exact) mass is 321 g/mol. The van der Waals surface area contributed by atoms with E-state index in [9.17, 15) is 18.0 Å². The van der Waals surface area contributed by atoms with Gasteiger partial charge in [-0.25, -0.2) is 9.48 Å². The minimum absolute atomic E-state index is 0.162. The van der Waals surface area contributed by atoms with Crippen molar-refractivity contribution in [3.63, 3.8) is 0 Å². The van der Waals surface area contributed by atoms with Gasteiger partial charge >= 0.3 is 12.1 Å². The van der Waals surface area contributed by atoms with Crippen LogP contribution in [0.15, 0.2) is 36.7 Å². The van der Waals surface area contributed by atoms with E-state index in [-0.39, 0.29) is 5.69 Å². The van der Waals surface area contributed by atoms with Crippen LogP contribution in [0.2, 0.25) is 0 Å². The molecule has 0 unspecified atom stereocenters. The van der Waals surface area contributed by atoms with Gasteiger partial charge < -0.3 is 5.11 Å². The summed E-state index contributed by atoms with van der Waals surface area (Å²) < 4.78 is 40.8. The number of alkyl halides is 3. The van der Waals surface area contributed by atoms with Crippen molar-refractivity contribution in [2.45, 2.75) is 13.1 Å². The van der Waals surface area contributed by atoms with Crippen LogP contribution < -0.4 is 0 Å². The molecule has 23 heavy (non-hydrogen) atoms. The van der Waals surface area contributed by atoms with E-state index in [0.717, 1.165) is 0 Å². The van der Waals surface area contributed by atoms with Gasteiger partial charge in [0.15, 0.2) is 5.69 Å². The van der Waals surface area contributed by atoms with Crippen LogP contribution in [0.4, 0.5) is 13.2 Å². The van der Waals surface area contributed by atoms with Gasteiger partial charge in [-0.3, -0.25) is 4.98 Å². The second-order valence-electron chi connectivity index (χ2n) is 4.92. The Bertz CT molecular complexity index is 916. The van der Waals surface area contributed by atoms with Gasteiger partial charge in [-0.15, -0.1) is 0 Å². The van der Waals surface area contributed by atoms with Crippen LogP contribution in [0.5, 0.6) is 0 Å². The highest BCUT2D eigenvalue weighted by Gasteiger charge is 2.41. The average Bonchev–Trinajstić information content (AvgIpc) is 2.92. The van der Waals surface area contributed by atoms with E-state index < -0.39 is 23.4 Å². The number of aromatic nitrogens is 3. The number of fused-ring (bicyclic) bond motifs is 1. The smallest absolute Gasteiger partial charge is 0.434 e. The predicted octanol–water partition coefficient (Wildman–Crippen LogP) is 3.45. The van der Waals surface area contributed by atoms with Gasteiger partial charge in [0.05, 0.1) is 17.4 Å². The molecule has 1 aromatic carbocycles. The van der Waals surface area contributed by atoms with E-state index in [1.165, 1.54) is 6.20 Å². The van der Waals surface area contributed by atoms with Gasteiger partial charge in [0.25, 0.3) is 0 Å². The first-order valence-corrected chi connectivity index (χ1v) is 6.54. The van der Waals surface area contributed by atoms with Crippen molar-refractivity contribution in [3.05, 3.63) is 53.5 Å². The summed E-state index contributed by atoms with van der Waals surface area (Å²) in [6.45, 7) is 1.63. The zero-order valence-electron chi connectivity index (χ0n) is 11.8. The van der Waals surface area contributed by atoms with Crippen molar-refractivity contribution in [2.24, 2.45) is 0 Å². The van der Waals surface area contributed by atoms with E-state index in [4.69, 9.17) is 5.11 Å². The van der Waals surface area contributed by atoms with Gasteiger partial charge in [0.1, 0.15) is 5.56 Å². The fraction of sp³-hybridized carbons (Fsp3) is 0.133. The first-order chi connectivity index (χ1) is 10.8. The Morgan fingerprint density at radius 2 is 2.00 bits per heavy atom. The Hall–Kier alpha value is -2.90. The second-order valence-corrected chi connectivity index (χ2v) is 4.92. The van der Waals surface area contributed by atoms with Crippen molar-refractivity contribution in [2.75, 3.05) is 0 Å². The van der Waals surface area contributed by atoms with Crippen LogP contribution in [0.3, 0.4) is 0 Å². The van der Waals surface area contributed by atoms with Crippen LogP contribution in [0.25, 0.3) is 16.6 Å². The lowest BCUT2D eigenvalue weighted by Gasteiger charge is -2.15. The number of halogens is 3. The molecule has 3 aromatic rings. The molecule has 0 bridgehead atoms. The summed E-state index contributed by atoms with van der Waals surface area (Å²) in [5, 5.41) is 13.1. The number of hydrogen-bond acceptors (Lipinski definition) is 3. The summed E-state index contributed by atoms with van der Waals surface area (Å²) in [4.78, 5) is 15.2. The average molecular weight is 321 g/mol. The molecule has 118 valence electrons. The molecule has 0 saturated carbocycles. The van der Waals surface area contributed by atoms with Crippen LogP contribution in [0, 0.1) is 6.92 Å². The number of nitrogens with zero attached hydrogens (tertiary/aromatic N) is 3. The zero-order chi connectivity index (χ0) is 16.8. The van der Waals surface area contributed by atoms with Gasteiger partial charge in [0.2, 0.25) is 0 Å². The van der Waals surface area contributed by atoms with E-state index in [1.54, 1.807) is 31.2 Å². The predicted molar refractivity (Wildman–Crippen MR) is 75.6 cm³/mol. The van der Waals surface area contributed by atoms with Gasteiger partial charge in [-0.05, 0) is 30.7 Å². The minimum Gasteiger partial charge on any atom is -0.478 e. The highest BCUT2D eigenvalue weighted by molar-refractivity contribution is 5.91. The summed E-state index contributed by atoms with van der Waals surface area (Å²) in [6, 6.07) is 6.52. The van der Waals surface area contributed by atoms with Crippen molar-refractivity contribution in [1.29, 1.82) is 0 Å². The molecule has 0 aliphatic carbocycles. The topological polar surface area (TPSA) is 68.0 Å². The summed E-state index contributed by atoms with van der Waals surface area (Å²) in [7, 11) is 0. The normalized spacial score (nSPS) is 11.8. The Morgan fingerprint density at radius 3 is 2.65 bits per heavy atom. The molecular weight excluding hydrogens is 311 g/mol. The molecule has 0 spiro atoms. The maximum absolute atomic E-state index is 13.4. The number of carboxylic acids is 1. The standard InChI is InChI=1S/C15H10F3N3O2/c1-8-4-5-11-9(3-2-6-19-11)12(8)21-13(15(16,17)18)10(7-20-21)14(22)23/h2-7H,1H3,(H,22,23). The summed E-state index contributed by atoms with van der Waals surface area (Å²) >= 11 is 0. The van der Waals surface area contributed by atoms with E-state index in [1.807, 2.05) is 0 Å². The van der Waals surface area contributed by atoms with Crippen LogP contribution in [0.1, 0.15) is 21.6 Å². The zero-order valence-corrected chi connectivity index (χ0v) is 11.8. The van der Waals surface area contributed by atoms with Crippen LogP contribution in [-0.4, -0.2) is 25.8 Å². The Balaban J connectivity index is 2.41. The highest BCUT2D eigenvalue weighted by atomic mass is 19.4. The molecule has 2 heterocycles. The number of aromatic carboxylic acids is 1. The lowest BCUT2D eigenvalue weighted by atomic mass is 10.1. The molecule has 3 rings (SSSR count). The highest BCUT2D eigenvalue weighted by Crippen LogP contribution is 2.36. The van der Waals surface area contributed by atoms with Crippen molar-refractivity contribution in [1.82, 2.24) is 14.8 Å². The molecule has 0 saturated heterocycles. The Labute approximate surface area is 128 Å². The van der Waals surface area contributed by atoms with Gasteiger partial charge in [0, 0.05) is 11.6 Å². The van der Waals surface area contributed by atoms with Crippen LogP contribution >= 0.6 is 0 Å². The molecule has 0 amide bonds. The molecular formula is C15H10F3N3O2. The lowest BCUT2D eigenvalue weighted by molar-refractivity contribution is -0.143. The van der Waals surface area contributed by atoms with E-state index in [2.05, 4.69) is 10.1 Å². The molecule has 0 fully saturated rings. The number of carbonyl (C=O) groups is 1. The number of pyridine rings is 1. The van der Waals surface area contributed by atoms with Gasteiger partial charge in [-0.1, -0.05) is 6.07 Å². The Kier molecular flexibility index (Phi) is 3.32. The maximum Gasteiger partial charge on any atom is 0.434 e. The number of carboxylic acid groups (broad SMARTS) is 1. The maximum atomic E-state index is 13.4. The first kappa shape index (κ1) is 15.0. The van der Waals surface area contributed by atoms with Gasteiger partial charge in [-0.2, -0.15) is 18.3 Å². The van der Waals surface area contributed by atoms with Crippen molar-refractivity contribution < 1.29 is 23.1 Å². The molecule has 2 aromatic heterocycles. The minimum atomic E-state index is -4.86. The molecule has 0 atom stereocenters. The van der Waals surface area contributed by atoms with Crippen molar-refractivity contribution >= 4 is 16.9 Å². The molecule has 8 heteroatoms. The summed E-state index contributed by atoms with van der Waals surface area (Å²) in [5.74, 6) is -1.68. The molecule has 5 nitrogen and oxygen atoms in total. The molecule has 0 aliphatic rings. The summed E-state index contributed by atoms with van der Waals surface area (Å²) in [5.41, 5.74) is -1.03. The third-order valence-corrected chi connectivity index (χ3v) is 3.44. The van der Waals surface area contributed by atoms with Crippen LogP contribution in [-0.2, 0) is 6.18 Å². The number of hydrogen-bond donors (Lipinski definition) is 1. The van der Waals surface area contributed by atoms with Crippen molar-refractivity contribution in [3.8, 4) is 5.69 Å². The fourth-order valence-electron chi connectivity index (χ4n) is 2.47. The molecule has 0 aliphatic heterocycles. The second kappa shape index (κ2) is 5.08. The summed E-state index contributed by atoms with van der Waals surface area (Å²) in [6.07, 6.45) is -2.63. The SMILES string of the molecule is Cc1ccc2ncccc2c1-n1ncc(C(=O)O)c1C(F)(F)F. The number of aryl methyl sites for hydroxylation is 1. The van der Waals surface area contributed by atoms with E-state index in [0.29, 0.717) is 27.3 Å². The Morgan fingerprint density at radius 1 is 1.26 bits per heavy atom. The molecule has 0 radical (unpaired) electrons. The largest absolute Gasteiger partial charge is 0.478 e. The number of benzene rings is 1. The number of rotatable bonds is 2. The quantitative estimate of drug-likeness (QED) is 0.785. The first-order valence-electron chi connectivity index (χ1n) is 6.54. The third-order valence-electron chi connectivity index (χ3n) is 3.44. The van der Waals surface area contributed by atoms with E-state index >= 15 is 0 Å².